The third-order valence-corrected chi connectivity index (χ3v) is 3.11. The molecule has 4 nitrogen and oxygen atoms in total. The fourth-order valence-electron chi connectivity index (χ4n) is 1.25. The van der Waals surface area contributed by atoms with Gasteiger partial charge in [-0.3, -0.25) is 9.78 Å². The highest BCUT2D eigenvalue weighted by atomic mass is 32.2. The van der Waals surface area contributed by atoms with Crippen molar-refractivity contribution in [2.45, 2.75) is 19.3 Å². The molecule has 0 atom stereocenters. The summed E-state index contributed by atoms with van der Waals surface area (Å²) < 4.78 is 21.7. The summed E-state index contributed by atoms with van der Waals surface area (Å²) in [6.45, 7) is 0. The zero-order valence-corrected chi connectivity index (χ0v) is 10.0. The van der Waals surface area contributed by atoms with Crippen LogP contribution >= 0.6 is 0 Å². The molecule has 1 aromatic heterocycles. The number of aryl methyl sites for hydroxylation is 1. The molecular formula is C11H15NO3S. The van der Waals surface area contributed by atoms with Gasteiger partial charge in [0.25, 0.3) is 0 Å². The lowest BCUT2D eigenvalue weighted by molar-refractivity contribution is -0.118. The number of rotatable bonds is 6. The number of Topliss-reactive ketones (excluding diaryl/α,β-unsaturated/α-hetero) is 1. The second-order valence-electron chi connectivity index (χ2n) is 3.78. The van der Waals surface area contributed by atoms with Gasteiger partial charge < -0.3 is 0 Å². The van der Waals surface area contributed by atoms with Crippen molar-refractivity contribution in [3.8, 4) is 0 Å². The molecule has 1 rings (SSSR count). The first-order valence-corrected chi connectivity index (χ1v) is 7.12. The zero-order valence-electron chi connectivity index (χ0n) is 9.22. The average molecular weight is 241 g/mol. The Labute approximate surface area is 95.6 Å². The van der Waals surface area contributed by atoms with Crippen molar-refractivity contribution < 1.29 is 13.2 Å². The first-order valence-electron chi connectivity index (χ1n) is 5.06. The molecule has 5 heteroatoms. The van der Waals surface area contributed by atoms with Gasteiger partial charge in [0, 0.05) is 31.5 Å². The van der Waals surface area contributed by atoms with E-state index in [1.165, 1.54) is 0 Å². The maximum atomic E-state index is 11.4. The fourth-order valence-corrected chi connectivity index (χ4v) is 1.85. The van der Waals surface area contributed by atoms with E-state index in [4.69, 9.17) is 0 Å². The first-order chi connectivity index (χ1) is 7.47. The molecule has 1 heterocycles. The normalized spacial score (nSPS) is 11.3. The molecular weight excluding hydrogens is 226 g/mol. The molecule has 0 fully saturated rings. The summed E-state index contributed by atoms with van der Waals surface area (Å²) in [4.78, 5) is 15.3. The topological polar surface area (TPSA) is 64.1 Å². The van der Waals surface area contributed by atoms with Crippen LogP contribution in [0.3, 0.4) is 0 Å². The van der Waals surface area contributed by atoms with Crippen molar-refractivity contribution in [3.05, 3.63) is 30.1 Å². The van der Waals surface area contributed by atoms with Gasteiger partial charge in [0.15, 0.2) is 0 Å². The van der Waals surface area contributed by atoms with Crippen LogP contribution in [0.5, 0.6) is 0 Å². The Kier molecular flexibility index (Phi) is 4.61. The van der Waals surface area contributed by atoms with Gasteiger partial charge in [0.05, 0.1) is 5.75 Å². The Balaban J connectivity index is 2.31. The number of ketones is 1. The van der Waals surface area contributed by atoms with Crippen LogP contribution in [0.1, 0.15) is 18.4 Å². The van der Waals surface area contributed by atoms with Crippen molar-refractivity contribution in [2.75, 3.05) is 12.0 Å². The van der Waals surface area contributed by atoms with Crippen LogP contribution in [-0.4, -0.2) is 31.2 Å². The number of carbonyl (C=O) groups excluding carboxylic acids is 1. The van der Waals surface area contributed by atoms with Crippen molar-refractivity contribution in [2.24, 2.45) is 0 Å². The number of pyridine rings is 1. The van der Waals surface area contributed by atoms with Crippen molar-refractivity contribution in [3.63, 3.8) is 0 Å². The summed E-state index contributed by atoms with van der Waals surface area (Å²) in [5, 5.41) is 0. The van der Waals surface area contributed by atoms with E-state index in [1.807, 2.05) is 12.1 Å². The summed E-state index contributed by atoms with van der Waals surface area (Å²) in [5.74, 6) is -0.0759. The summed E-state index contributed by atoms with van der Waals surface area (Å²) in [6, 6.07) is 3.72. The summed E-state index contributed by atoms with van der Waals surface area (Å²) in [5.41, 5.74) is 0.996. The summed E-state index contributed by atoms with van der Waals surface area (Å²) in [7, 11) is -3.04. The minimum absolute atomic E-state index is 0.0192. The molecule has 0 spiro atoms. The lowest BCUT2D eigenvalue weighted by atomic mass is 10.1. The average Bonchev–Trinajstić information content (AvgIpc) is 2.24. The van der Waals surface area contributed by atoms with Gasteiger partial charge in [-0.1, -0.05) is 6.07 Å². The molecule has 0 aliphatic carbocycles. The fraction of sp³-hybridized carbons (Fsp3) is 0.455. The Hall–Kier alpha value is -1.23. The van der Waals surface area contributed by atoms with Gasteiger partial charge in [-0.2, -0.15) is 0 Å². The quantitative estimate of drug-likeness (QED) is 0.746. The Morgan fingerprint density at radius 2 is 2.12 bits per heavy atom. The van der Waals surface area contributed by atoms with Crippen LogP contribution < -0.4 is 0 Å². The van der Waals surface area contributed by atoms with Gasteiger partial charge in [-0.15, -0.1) is 0 Å². The molecule has 0 unspecified atom stereocenters. The number of nitrogens with zero attached hydrogens (tertiary/aromatic N) is 1. The minimum atomic E-state index is -3.04. The zero-order chi connectivity index (χ0) is 12.0. The van der Waals surface area contributed by atoms with Gasteiger partial charge >= 0.3 is 0 Å². The van der Waals surface area contributed by atoms with Crippen LogP contribution in [0.15, 0.2) is 24.5 Å². The van der Waals surface area contributed by atoms with E-state index >= 15 is 0 Å². The van der Waals surface area contributed by atoms with E-state index in [2.05, 4.69) is 4.98 Å². The highest BCUT2D eigenvalue weighted by molar-refractivity contribution is 7.90. The molecule has 16 heavy (non-hydrogen) atoms. The van der Waals surface area contributed by atoms with E-state index in [9.17, 15) is 13.2 Å². The highest BCUT2D eigenvalue weighted by Crippen LogP contribution is 2.03. The van der Waals surface area contributed by atoms with E-state index in [-0.39, 0.29) is 18.0 Å². The van der Waals surface area contributed by atoms with Crippen LogP contribution in [-0.2, 0) is 21.1 Å². The van der Waals surface area contributed by atoms with Crippen molar-refractivity contribution in [1.29, 1.82) is 0 Å². The lowest BCUT2D eigenvalue weighted by Gasteiger charge is -2.00. The predicted molar refractivity (Wildman–Crippen MR) is 61.9 cm³/mol. The molecule has 0 aromatic carbocycles. The Morgan fingerprint density at radius 3 is 2.69 bits per heavy atom. The molecule has 0 aliphatic rings. The van der Waals surface area contributed by atoms with Gasteiger partial charge in [-0.05, 0) is 18.1 Å². The number of hydrogen-bond donors (Lipinski definition) is 0. The second kappa shape index (κ2) is 5.75. The maximum absolute atomic E-state index is 11.4. The third-order valence-electron chi connectivity index (χ3n) is 2.17. The molecule has 0 saturated heterocycles. The molecule has 0 radical (unpaired) electrons. The van der Waals surface area contributed by atoms with Gasteiger partial charge in [0.1, 0.15) is 15.6 Å². The number of aromatic nitrogens is 1. The van der Waals surface area contributed by atoms with Crippen molar-refractivity contribution in [1.82, 2.24) is 4.98 Å². The van der Waals surface area contributed by atoms with Crippen LogP contribution in [0, 0.1) is 0 Å². The molecule has 0 N–H and O–H groups in total. The SMILES string of the molecule is CS(=O)(=O)CCC(=O)CCc1cccnc1. The van der Waals surface area contributed by atoms with Gasteiger partial charge in [0.2, 0.25) is 0 Å². The Bertz CT molecular complexity index is 440. The van der Waals surface area contributed by atoms with E-state index < -0.39 is 9.84 Å². The van der Waals surface area contributed by atoms with Crippen LogP contribution in [0.25, 0.3) is 0 Å². The maximum Gasteiger partial charge on any atom is 0.147 e. The summed E-state index contributed by atoms with van der Waals surface area (Å²) in [6.07, 6.45) is 5.64. The number of carbonyl (C=O) groups is 1. The molecule has 1 aromatic rings. The minimum Gasteiger partial charge on any atom is -0.300 e. The molecule has 0 saturated carbocycles. The van der Waals surface area contributed by atoms with Crippen LogP contribution in [0.2, 0.25) is 0 Å². The molecule has 0 amide bonds. The number of sulfone groups is 1. The monoisotopic (exact) mass is 241 g/mol. The lowest BCUT2D eigenvalue weighted by Crippen LogP contribution is -2.09. The smallest absolute Gasteiger partial charge is 0.147 e. The number of hydrogen-bond acceptors (Lipinski definition) is 4. The Morgan fingerprint density at radius 1 is 1.38 bits per heavy atom. The van der Waals surface area contributed by atoms with E-state index in [0.29, 0.717) is 12.8 Å². The largest absolute Gasteiger partial charge is 0.300 e. The third kappa shape index (κ3) is 5.60. The first kappa shape index (κ1) is 12.8. The standard InChI is InChI=1S/C11H15NO3S/c1-16(14,15)8-6-11(13)5-4-10-3-2-7-12-9-10/h2-3,7,9H,4-6,8H2,1H3. The van der Waals surface area contributed by atoms with E-state index in [0.717, 1.165) is 11.8 Å². The second-order valence-corrected chi connectivity index (χ2v) is 6.04. The van der Waals surface area contributed by atoms with Crippen molar-refractivity contribution >= 4 is 15.6 Å². The molecule has 0 aliphatic heterocycles. The summed E-state index contributed by atoms with van der Waals surface area (Å²) >= 11 is 0. The highest BCUT2D eigenvalue weighted by Gasteiger charge is 2.08. The molecule has 88 valence electrons. The van der Waals surface area contributed by atoms with E-state index in [1.54, 1.807) is 12.4 Å². The van der Waals surface area contributed by atoms with Crippen LogP contribution in [0.4, 0.5) is 0 Å². The van der Waals surface area contributed by atoms with Gasteiger partial charge in [-0.25, -0.2) is 8.42 Å². The molecule has 0 bridgehead atoms. The predicted octanol–water partition coefficient (Wildman–Crippen LogP) is 1.02.